The van der Waals surface area contributed by atoms with Crippen LogP contribution in [-0.2, 0) is 10.3 Å². The van der Waals surface area contributed by atoms with E-state index in [9.17, 15) is 9.18 Å². The summed E-state index contributed by atoms with van der Waals surface area (Å²) in [6, 6.07) is 1.22. The van der Waals surface area contributed by atoms with Crippen molar-refractivity contribution in [3.05, 3.63) is 28.0 Å². The molecule has 1 aliphatic rings. The van der Waals surface area contributed by atoms with E-state index in [-0.39, 0.29) is 5.02 Å². The predicted octanol–water partition coefficient (Wildman–Crippen LogP) is 3.51. The molecule has 0 spiro atoms. The number of isocyanates is 1. The third-order valence-corrected chi connectivity index (χ3v) is 3.82. The maximum absolute atomic E-state index is 13.8. The zero-order chi connectivity index (χ0) is 13.3. The molecule has 0 atom stereocenters. The minimum absolute atomic E-state index is 0.197. The molecule has 3 nitrogen and oxygen atoms in total. The number of carbonyl (C=O) groups excluding carboxylic acids is 1. The third kappa shape index (κ3) is 1.82. The molecular formula is C13H13ClFNO2. The van der Waals surface area contributed by atoms with Crippen LogP contribution in [0.25, 0.3) is 0 Å². The summed E-state index contributed by atoms with van der Waals surface area (Å²) in [7, 11) is 1.47. The van der Waals surface area contributed by atoms with Gasteiger partial charge >= 0.3 is 0 Å². The van der Waals surface area contributed by atoms with Crippen LogP contribution in [-0.4, -0.2) is 13.2 Å². The zero-order valence-electron chi connectivity index (χ0n) is 10.2. The second-order valence-electron chi connectivity index (χ2n) is 4.46. The van der Waals surface area contributed by atoms with Crippen molar-refractivity contribution < 1.29 is 13.9 Å². The highest BCUT2D eigenvalue weighted by molar-refractivity contribution is 6.32. The first-order valence-electron chi connectivity index (χ1n) is 5.68. The molecular weight excluding hydrogens is 257 g/mol. The number of rotatable bonds is 3. The fourth-order valence-corrected chi connectivity index (χ4v) is 2.74. The number of methoxy groups -OCH3 is 1. The van der Waals surface area contributed by atoms with E-state index in [1.54, 1.807) is 13.0 Å². The lowest BCUT2D eigenvalue weighted by molar-refractivity contribution is 0.243. The van der Waals surface area contributed by atoms with E-state index >= 15 is 0 Å². The van der Waals surface area contributed by atoms with Crippen LogP contribution >= 0.6 is 11.6 Å². The molecule has 5 heteroatoms. The van der Waals surface area contributed by atoms with Crippen LogP contribution in [0, 0.1) is 12.7 Å². The summed E-state index contributed by atoms with van der Waals surface area (Å²) in [5, 5.41) is 0.197. The van der Waals surface area contributed by atoms with Crippen LogP contribution in [0.1, 0.15) is 30.4 Å². The van der Waals surface area contributed by atoms with Crippen molar-refractivity contribution in [1.29, 1.82) is 0 Å². The lowest BCUT2D eigenvalue weighted by Crippen LogP contribution is -2.33. The third-order valence-electron chi connectivity index (χ3n) is 3.54. The second kappa shape index (κ2) is 4.71. The van der Waals surface area contributed by atoms with E-state index in [2.05, 4.69) is 4.99 Å². The average molecular weight is 270 g/mol. The lowest BCUT2D eigenvalue weighted by atomic mass is 9.70. The number of halogens is 2. The summed E-state index contributed by atoms with van der Waals surface area (Å²) in [6.07, 6.45) is 3.87. The van der Waals surface area contributed by atoms with Gasteiger partial charge in [0.1, 0.15) is 17.1 Å². The van der Waals surface area contributed by atoms with Gasteiger partial charge in [0.05, 0.1) is 12.1 Å². The van der Waals surface area contributed by atoms with Crippen LogP contribution in [0.4, 0.5) is 4.39 Å². The molecule has 96 valence electrons. The Morgan fingerprint density at radius 2 is 2.22 bits per heavy atom. The summed E-state index contributed by atoms with van der Waals surface area (Å²) in [4.78, 5) is 14.5. The van der Waals surface area contributed by atoms with E-state index in [1.165, 1.54) is 13.2 Å². The summed E-state index contributed by atoms with van der Waals surface area (Å²) >= 11 is 5.99. The Kier molecular flexibility index (Phi) is 3.42. The molecule has 1 aliphatic carbocycles. The van der Waals surface area contributed by atoms with Crippen LogP contribution in [0.5, 0.6) is 5.75 Å². The Bertz CT molecular complexity index is 534. The smallest absolute Gasteiger partial charge is 0.235 e. The molecule has 1 fully saturated rings. The molecule has 0 radical (unpaired) electrons. The zero-order valence-corrected chi connectivity index (χ0v) is 11.0. The maximum Gasteiger partial charge on any atom is 0.235 e. The summed E-state index contributed by atoms with van der Waals surface area (Å²) < 4.78 is 19.1. The van der Waals surface area contributed by atoms with Crippen LogP contribution in [0.3, 0.4) is 0 Å². The minimum Gasteiger partial charge on any atom is -0.495 e. The molecule has 2 rings (SSSR count). The topological polar surface area (TPSA) is 38.7 Å². The quantitative estimate of drug-likeness (QED) is 0.622. The Labute approximate surface area is 110 Å². The van der Waals surface area contributed by atoms with Gasteiger partial charge < -0.3 is 4.74 Å². The lowest BCUT2D eigenvalue weighted by Gasteiger charge is -2.39. The molecule has 0 bridgehead atoms. The normalized spacial score (nSPS) is 16.7. The first kappa shape index (κ1) is 13.1. The SMILES string of the molecule is COc1c(Cl)cc(F)c(C)c1C1(N=C=O)CCC1. The molecule has 0 N–H and O–H groups in total. The molecule has 0 unspecified atom stereocenters. The second-order valence-corrected chi connectivity index (χ2v) is 4.87. The highest BCUT2D eigenvalue weighted by Crippen LogP contribution is 2.51. The van der Waals surface area contributed by atoms with E-state index in [1.807, 2.05) is 0 Å². The van der Waals surface area contributed by atoms with Gasteiger partial charge in [0.25, 0.3) is 0 Å². The van der Waals surface area contributed by atoms with Crippen molar-refractivity contribution in [3.63, 3.8) is 0 Å². The number of aliphatic imine (C=N–C) groups is 1. The Hall–Kier alpha value is -1.38. The van der Waals surface area contributed by atoms with Crippen molar-refractivity contribution in [2.45, 2.75) is 31.7 Å². The van der Waals surface area contributed by atoms with Crippen LogP contribution in [0.15, 0.2) is 11.1 Å². The minimum atomic E-state index is -0.719. The van der Waals surface area contributed by atoms with E-state index in [4.69, 9.17) is 16.3 Å². The molecule has 0 aromatic heterocycles. The van der Waals surface area contributed by atoms with Gasteiger partial charge in [-0.05, 0) is 37.8 Å². The fraction of sp³-hybridized carbons (Fsp3) is 0.462. The van der Waals surface area contributed by atoms with Crippen molar-refractivity contribution >= 4 is 17.7 Å². The molecule has 1 saturated carbocycles. The van der Waals surface area contributed by atoms with Crippen molar-refractivity contribution in [2.75, 3.05) is 7.11 Å². The van der Waals surface area contributed by atoms with Gasteiger partial charge in [0, 0.05) is 5.56 Å². The monoisotopic (exact) mass is 269 g/mol. The Morgan fingerprint density at radius 3 is 2.67 bits per heavy atom. The maximum atomic E-state index is 13.8. The first-order chi connectivity index (χ1) is 8.55. The summed E-state index contributed by atoms with van der Waals surface area (Å²) in [6.45, 7) is 1.64. The highest BCUT2D eigenvalue weighted by Gasteiger charge is 2.43. The van der Waals surface area contributed by atoms with E-state index in [0.29, 0.717) is 29.7 Å². The standard InChI is InChI=1S/C13H13ClFNO2/c1-8-10(15)6-9(14)12(18-2)11(8)13(16-7-17)4-3-5-13/h6H,3-5H2,1-2H3. The summed E-state index contributed by atoms with van der Waals surface area (Å²) in [5.74, 6) is -0.0163. The Balaban J connectivity index is 2.72. The van der Waals surface area contributed by atoms with Gasteiger partial charge in [0.2, 0.25) is 6.08 Å². The van der Waals surface area contributed by atoms with Crippen molar-refractivity contribution in [1.82, 2.24) is 0 Å². The van der Waals surface area contributed by atoms with Crippen molar-refractivity contribution in [3.8, 4) is 5.75 Å². The largest absolute Gasteiger partial charge is 0.495 e. The first-order valence-corrected chi connectivity index (χ1v) is 6.05. The number of nitrogens with zero attached hydrogens (tertiary/aromatic N) is 1. The average Bonchev–Trinajstić information content (AvgIpc) is 2.28. The van der Waals surface area contributed by atoms with Crippen LogP contribution in [0.2, 0.25) is 5.02 Å². The molecule has 1 aromatic rings. The number of benzene rings is 1. The molecule has 0 aliphatic heterocycles. The molecule has 1 aromatic carbocycles. The highest BCUT2D eigenvalue weighted by atomic mass is 35.5. The Morgan fingerprint density at radius 1 is 1.56 bits per heavy atom. The number of ether oxygens (including phenoxy) is 1. The molecule has 0 heterocycles. The van der Waals surface area contributed by atoms with Gasteiger partial charge in [-0.1, -0.05) is 11.6 Å². The number of hydrogen-bond donors (Lipinski definition) is 0. The van der Waals surface area contributed by atoms with E-state index in [0.717, 1.165) is 6.42 Å². The summed E-state index contributed by atoms with van der Waals surface area (Å²) in [5.41, 5.74) is 0.280. The van der Waals surface area contributed by atoms with Crippen LogP contribution < -0.4 is 4.74 Å². The van der Waals surface area contributed by atoms with Gasteiger partial charge in [-0.3, -0.25) is 0 Å². The molecule has 0 amide bonds. The predicted molar refractivity (Wildman–Crippen MR) is 66.3 cm³/mol. The van der Waals surface area contributed by atoms with Gasteiger partial charge in [-0.25, -0.2) is 9.18 Å². The molecule has 18 heavy (non-hydrogen) atoms. The molecule has 0 saturated heterocycles. The van der Waals surface area contributed by atoms with Gasteiger partial charge in [0.15, 0.2) is 0 Å². The van der Waals surface area contributed by atoms with Crippen molar-refractivity contribution in [2.24, 2.45) is 4.99 Å². The fourth-order valence-electron chi connectivity index (χ4n) is 2.47. The number of hydrogen-bond acceptors (Lipinski definition) is 3. The van der Waals surface area contributed by atoms with Gasteiger partial charge in [-0.2, -0.15) is 4.99 Å². The van der Waals surface area contributed by atoms with Gasteiger partial charge in [-0.15, -0.1) is 0 Å². The van der Waals surface area contributed by atoms with E-state index < -0.39 is 11.4 Å².